The molecule has 4 aromatic rings. The van der Waals surface area contributed by atoms with Crippen molar-refractivity contribution in [3.63, 3.8) is 0 Å². The van der Waals surface area contributed by atoms with Crippen LogP contribution >= 0.6 is 0 Å². The van der Waals surface area contributed by atoms with E-state index in [1.54, 1.807) is 4.68 Å². The molecule has 0 radical (unpaired) electrons. The third kappa shape index (κ3) is 3.54. The van der Waals surface area contributed by atoms with E-state index < -0.39 is 0 Å². The Balaban J connectivity index is 1.62. The maximum absolute atomic E-state index is 4.95. The van der Waals surface area contributed by atoms with Gasteiger partial charge in [0.1, 0.15) is 11.2 Å². The molecule has 1 saturated heterocycles. The molecule has 2 N–H and O–H groups in total. The fourth-order valence-electron chi connectivity index (χ4n) is 4.15. The summed E-state index contributed by atoms with van der Waals surface area (Å²) in [4.78, 5) is 15.2. The second-order valence-electron chi connectivity index (χ2n) is 7.95. The molecule has 1 aliphatic rings. The van der Waals surface area contributed by atoms with E-state index in [0.717, 1.165) is 63.0 Å². The van der Waals surface area contributed by atoms with E-state index in [1.165, 1.54) is 19.3 Å². The fourth-order valence-corrected chi connectivity index (χ4v) is 4.15. The first-order valence-corrected chi connectivity index (χ1v) is 10.6. The standard InChI is InChI=1S/C23H26N8/c1-4-18-17(10-15(2)16-11-25-30(3)14-16)21(29-28-18)23-26-19-12-24-13-20(22(19)27-23)31-8-6-5-7-9-31/h4,10-14,28H,2,5-9H2,1,3H3,(H,26,27)/b17-10+,18-4+. The van der Waals surface area contributed by atoms with E-state index >= 15 is 0 Å². The Kier molecular flexibility index (Phi) is 4.89. The average molecular weight is 415 g/mol. The number of pyridine rings is 1. The van der Waals surface area contributed by atoms with Crippen LogP contribution in [0, 0.1) is 0 Å². The minimum Gasteiger partial charge on any atom is -0.368 e. The summed E-state index contributed by atoms with van der Waals surface area (Å²) in [5.41, 5.74) is 5.54. The molecule has 0 spiro atoms. The van der Waals surface area contributed by atoms with E-state index in [-0.39, 0.29) is 0 Å². The zero-order valence-electron chi connectivity index (χ0n) is 17.9. The monoisotopic (exact) mass is 414 g/mol. The number of aryl methyl sites for hydroxylation is 1. The van der Waals surface area contributed by atoms with Gasteiger partial charge in [0, 0.05) is 37.1 Å². The molecule has 8 nitrogen and oxygen atoms in total. The van der Waals surface area contributed by atoms with E-state index in [2.05, 4.69) is 36.7 Å². The van der Waals surface area contributed by atoms with Crippen molar-refractivity contribution in [1.29, 1.82) is 0 Å². The Bertz CT molecular complexity index is 1360. The molecular formula is C23H26N8. The fraction of sp³-hybridized carbons (Fsp3) is 0.304. The van der Waals surface area contributed by atoms with Crippen molar-refractivity contribution in [2.24, 2.45) is 7.05 Å². The lowest BCUT2D eigenvalue weighted by Gasteiger charge is -2.28. The Hall–Kier alpha value is -3.68. The maximum atomic E-state index is 4.95. The zero-order chi connectivity index (χ0) is 21.4. The molecule has 4 aromatic heterocycles. The largest absolute Gasteiger partial charge is 0.368 e. The number of H-pyrrole nitrogens is 2. The summed E-state index contributed by atoms with van der Waals surface area (Å²) >= 11 is 0. The number of rotatable bonds is 4. The first-order chi connectivity index (χ1) is 15.1. The van der Waals surface area contributed by atoms with Crippen LogP contribution in [0.2, 0.25) is 0 Å². The van der Waals surface area contributed by atoms with Crippen LogP contribution in [-0.4, -0.2) is 48.0 Å². The highest BCUT2D eigenvalue weighted by Crippen LogP contribution is 2.28. The zero-order valence-corrected chi connectivity index (χ0v) is 17.9. The number of allylic oxidation sites excluding steroid dienone is 1. The van der Waals surface area contributed by atoms with Crippen LogP contribution in [0.5, 0.6) is 0 Å². The van der Waals surface area contributed by atoms with Gasteiger partial charge in [0.05, 0.1) is 35.1 Å². The quantitative estimate of drug-likeness (QED) is 0.535. The Morgan fingerprint density at radius 3 is 2.74 bits per heavy atom. The number of imidazole rings is 1. The molecule has 0 bridgehead atoms. The van der Waals surface area contributed by atoms with Crippen molar-refractivity contribution >= 4 is 34.4 Å². The van der Waals surface area contributed by atoms with Crippen LogP contribution < -0.4 is 15.5 Å². The van der Waals surface area contributed by atoms with Gasteiger partial charge in [-0.3, -0.25) is 14.8 Å². The van der Waals surface area contributed by atoms with E-state index in [4.69, 9.17) is 4.98 Å². The second kappa shape index (κ2) is 7.86. The molecule has 1 fully saturated rings. The molecule has 0 aromatic carbocycles. The van der Waals surface area contributed by atoms with Crippen LogP contribution in [0.3, 0.4) is 0 Å². The van der Waals surface area contributed by atoms with Gasteiger partial charge in [-0.25, -0.2) is 4.98 Å². The summed E-state index contributed by atoms with van der Waals surface area (Å²) in [7, 11) is 1.90. The van der Waals surface area contributed by atoms with Crippen LogP contribution in [0.1, 0.15) is 31.7 Å². The first kappa shape index (κ1) is 19.3. The average Bonchev–Trinajstić information content (AvgIpc) is 3.51. The number of nitrogens with one attached hydrogen (secondary N) is 2. The number of aromatic amines is 2. The van der Waals surface area contributed by atoms with E-state index in [9.17, 15) is 0 Å². The Labute approximate surface area is 180 Å². The van der Waals surface area contributed by atoms with Crippen LogP contribution in [0.15, 0.2) is 31.4 Å². The van der Waals surface area contributed by atoms with Crippen molar-refractivity contribution in [3.05, 3.63) is 47.5 Å². The summed E-state index contributed by atoms with van der Waals surface area (Å²) < 4.78 is 1.77. The predicted octanol–water partition coefficient (Wildman–Crippen LogP) is 2.37. The van der Waals surface area contributed by atoms with Gasteiger partial charge in [-0.05, 0) is 37.8 Å². The number of piperidine rings is 1. The topological polar surface area (TPSA) is 91.3 Å². The van der Waals surface area contributed by atoms with E-state index in [1.807, 2.05) is 50.9 Å². The van der Waals surface area contributed by atoms with Crippen molar-refractivity contribution < 1.29 is 0 Å². The lowest BCUT2D eigenvalue weighted by molar-refractivity contribution is 0.578. The smallest absolute Gasteiger partial charge is 0.159 e. The van der Waals surface area contributed by atoms with Crippen LogP contribution in [-0.2, 0) is 7.05 Å². The molecule has 5 heterocycles. The minimum atomic E-state index is 0.718. The molecule has 5 rings (SSSR count). The number of fused-ring (bicyclic) bond motifs is 1. The lowest BCUT2D eigenvalue weighted by Crippen LogP contribution is -2.29. The molecule has 0 saturated carbocycles. The molecule has 1 aliphatic heterocycles. The summed E-state index contributed by atoms with van der Waals surface area (Å²) in [6.07, 6.45) is 15.2. The van der Waals surface area contributed by atoms with Crippen molar-refractivity contribution in [1.82, 2.24) is 34.9 Å². The normalized spacial score (nSPS) is 15.9. The minimum absolute atomic E-state index is 0.718. The van der Waals surface area contributed by atoms with Gasteiger partial charge < -0.3 is 9.88 Å². The molecule has 0 unspecified atom stereocenters. The molecule has 0 atom stereocenters. The maximum Gasteiger partial charge on any atom is 0.159 e. The van der Waals surface area contributed by atoms with Gasteiger partial charge in [-0.15, -0.1) is 0 Å². The molecule has 0 amide bonds. The highest BCUT2D eigenvalue weighted by atomic mass is 15.2. The molecule has 31 heavy (non-hydrogen) atoms. The number of nitrogens with zero attached hydrogens (tertiary/aromatic N) is 6. The molecule has 8 heteroatoms. The number of hydrogen-bond donors (Lipinski definition) is 2. The Morgan fingerprint density at radius 2 is 2.00 bits per heavy atom. The van der Waals surface area contributed by atoms with Gasteiger partial charge in [-0.2, -0.15) is 10.2 Å². The SMILES string of the molecule is C=C(/C=c1/c(-c2nc3c(N4CCCCC4)cncc3[nH]2)n[nH]/c1=C/C)c1cnn(C)c1. The molecule has 0 aliphatic carbocycles. The van der Waals surface area contributed by atoms with Gasteiger partial charge in [0.25, 0.3) is 0 Å². The number of hydrogen-bond acceptors (Lipinski definition) is 5. The van der Waals surface area contributed by atoms with Crippen molar-refractivity contribution in [2.75, 3.05) is 18.0 Å². The third-order valence-electron chi connectivity index (χ3n) is 5.81. The van der Waals surface area contributed by atoms with Gasteiger partial charge in [-0.1, -0.05) is 12.7 Å². The predicted molar refractivity (Wildman–Crippen MR) is 124 cm³/mol. The summed E-state index contributed by atoms with van der Waals surface area (Å²) in [6, 6.07) is 0. The third-order valence-corrected chi connectivity index (χ3v) is 5.81. The van der Waals surface area contributed by atoms with Crippen molar-refractivity contribution in [3.8, 4) is 11.5 Å². The molecular weight excluding hydrogens is 388 g/mol. The highest BCUT2D eigenvalue weighted by Gasteiger charge is 2.18. The first-order valence-electron chi connectivity index (χ1n) is 10.6. The highest BCUT2D eigenvalue weighted by molar-refractivity contribution is 5.91. The van der Waals surface area contributed by atoms with E-state index in [0.29, 0.717) is 0 Å². The summed E-state index contributed by atoms with van der Waals surface area (Å²) in [6.45, 7) is 8.31. The number of aromatic nitrogens is 7. The number of anilines is 1. The van der Waals surface area contributed by atoms with Gasteiger partial charge in [0.2, 0.25) is 0 Å². The van der Waals surface area contributed by atoms with Gasteiger partial charge >= 0.3 is 0 Å². The Morgan fingerprint density at radius 1 is 1.16 bits per heavy atom. The van der Waals surface area contributed by atoms with Crippen molar-refractivity contribution in [2.45, 2.75) is 26.2 Å². The van der Waals surface area contributed by atoms with Gasteiger partial charge in [0.15, 0.2) is 5.82 Å². The van der Waals surface area contributed by atoms with Crippen LogP contribution in [0.4, 0.5) is 5.69 Å². The second-order valence-corrected chi connectivity index (χ2v) is 7.95. The molecule has 158 valence electrons. The summed E-state index contributed by atoms with van der Waals surface area (Å²) in [5.74, 6) is 0.718. The lowest BCUT2D eigenvalue weighted by atomic mass is 10.1. The summed E-state index contributed by atoms with van der Waals surface area (Å²) in [5, 5.41) is 13.8. The van der Waals surface area contributed by atoms with Crippen LogP contribution in [0.25, 0.3) is 40.3 Å².